The maximum atomic E-state index is 13.5. The van der Waals surface area contributed by atoms with Crippen molar-refractivity contribution in [1.29, 1.82) is 0 Å². The molecule has 0 N–H and O–H groups in total. The van der Waals surface area contributed by atoms with Crippen LogP contribution in [-0.2, 0) is 0 Å². The van der Waals surface area contributed by atoms with E-state index in [1.807, 2.05) is 22.6 Å². The lowest BCUT2D eigenvalue weighted by molar-refractivity contribution is 0.0524. The van der Waals surface area contributed by atoms with Gasteiger partial charge in [-0.15, -0.1) is 0 Å². The minimum absolute atomic E-state index is 0.185. The zero-order valence-electron chi connectivity index (χ0n) is 8.34. The maximum Gasteiger partial charge on any atom is 0.257 e. The second-order valence-corrected chi connectivity index (χ2v) is 5.07. The fourth-order valence-corrected chi connectivity index (χ4v) is 2.42. The molecule has 0 unspecified atom stereocenters. The second-order valence-electron chi connectivity index (χ2n) is 3.91. The Labute approximate surface area is 102 Å². The Morgan fingerprint density at radius 2 is 2.20 bits per heavy atom. The first-order chi connectivity index (χ1) is 7.09. The molecule has 0 atom stereocenters. The molecule has 0 aliphatic carbocycles. The Balaban J connectivity index is 2.26. The van der Waals surface area contributed by atoms with E-state index < -0.39 is 5.82 Å². The number of hydrogen-bond acceptors (Lipinski definition) is 1. The summed E-state index contributed by atoms with van der Waals surface area (Å²) >= 11 is 1.99. The molecule has 2 rings (SSSR count). The summed E-state index contributed by atoms with van der Waals surface area (Å²) in [4.78, 5) is 13.6. The molecular weight excluding hydrogens is 308 g/mol. The average Bonchev–Trinajstić information content (AvgIpc) is 2.12. The Morgan fingerprint density at radius 1 is 1.53 bits per heavy atom. The molecule has 15 heavy (non-hydrogen) atoms. The zero-order valence-corrected chi connectivity index (χ0v) is 10.5. The molecule has 1 aromatic carbocycles. The van der Waals surface area contributed by atoms with E-state index in [9.17, 15) is 9.18 Å². The molecule has 1 aliphatic rings. The van der Waals surface area contributed by atoms with Crippen molar-refractivity contribution in [3.8, 4) is 0 Å². The highest BCUT2D eigenvalue weighted by molar-refractivity contribution is 14.1. The van der Waals surface area contributed by atoms with Crippen LogP contribution in [0.15, 0.2) is 18.2 Å². The Bertz CT molecular complexity index is 381. The summed E-state index contributed by atoms with van der Waals surface area (Å²) in [5.41, 5.74) is 0.213. The Hall–Kier alpha value is -0.650. The number of amides is 1. The van der Waals surface area contributed by atoms with E-state index >= 15 is 0 Å². The third-order valence-electron chi connectivity index (χ3n) is 2.53. The zero-order chi connectivity index (χ0) is 11.0. The van der Waals surface area contributed by atoms with Gasteiger partial charge in [0.1, 0.15) is 5.82 Å². The quantitative estimate of drug-likeness (QED) is 0.729. The number of likely N-dealkylation sites (tertiary alicyclic amines) is 1. The number of halogens is 2. The second kappa shape index (κ2) is 4.08. The van der Waals surface area contributed by atoms with Crippen molar-refractivity contribution < 1.29 is 9.18 Å². The van der Waals surface area contributed by atoms with E-state index in [1.165, 1.54) is 6.07 Å². The van der Waals surface area contributed by atoms with Gasteiger partial charge < -0.3 is 4.90 Å². The Morgan fingerprint density at radius 3 is 2.73 bits per heavy atom. The summed E-state index contributed by atoms with van der Waals surface area (Å²) in [5.74, 6) is -0.0690. The topological polar surface area (TPSA) is 20.3 Å². The molecule has 1 aliphatic heterocycles. The molecule has 0 spiro atoms. The molecule has 0 bridgehead atoms. The number of hydrogen-bond donors (Lipinski definition) is 0. The first-order valence-corrected chi connectivity index (χ1v) is 5.90. The van der Waals surface area contributed by atoms with Crippen LogP contribution in [0, 0.1) is 15.3 Å². The maximum absolute atomic E-state index is 13.5. The predicted octanol–water partition coefficient (Wildman–Crippen LogP) is 2.52. The molecule has 0 radical (unpaired) electrons. The number of nitrogens with zero attached hydrogens (tertiary/aromatic N) is 1. The lowest BCUT2D eigenvalue weighted by Crippen LogP contribution is -2.49. The molecule has 1 aromatic rings. The van der Waals surface area contributed by atoms with Gasteiger partial charge in [-0.05, 0) is 40.6 Å². The minimum Gasteiger partial charge on any atom is -0.338 e. The van der Waals surface area contributed by atoms with Gasteiger partial charge in [0, 0.05) is 16.7 Å². The van der Waals surface area contributed by atoms with Crippen LogP contribution < -0.4 is 0 Å². The summed E-state index contributed by atoms with van der Waals surface area (Å²) < 4.78 is 14.1. The highest BCUT2D eigenvalue weighted by Gasteiger charge is 2.30. The van der Waals surface area contributed by atoms with Crippen molar-refractivity contribution in [3.05, 3.63) is 33.1 Å². The first kappa shape index (κ1) is 10.9. The molecule has 1 heterocycles. The van der Waals surface area contributed by atoms with Crippen LogP contribution in [0.3, 0.4) is 0 Å². The third-order valence-corrected chi connectivity index (χ3v) is 3.43. The van der Waals surface area contributed by atoms with Crippen LogP contribution in [0.2, 0.25) is 0 Å². The number of carbonyl (C=O) groups is 1. The number of carbonyl (C=O) groups excluding carboxylic acids is 1. The molecule has 0 aromatic heterocycles. The smallest absolute Gasteiger partial charge is 0.257 e. The van der Waals surface area contributed by atoms with E-state index in [0.717, 1.165) is 13.1 Å². The van der Waals surface area contributed by atoms with Gasteiger partial charge in [0.15, 0.2) is 0 Å². The van der Waals surface area contributed by atoms with Gasteiger partial charge in [-0.2, -0.15) is 0 Å². The van der Waals surface area contributed by atoms with Crippen molar-refractivity contribution in [2.24, 2.45) is 5.92 Å². The van der Waals surface area contributed by atoms with Crippen molar-refractivity contribution in [3.63, 3.8) is 0 Å². The fourth-order valence-electron chi connectivity index (χ4n) is 1.73. The standard InChI is InChI=1S/C11H11FINO/c1-7-5-14(6-7)11(15)10-8(12)3-2-4-9(10)13/h2-4,7H,5-6H2,1H3. The number of benzene rings is 1. The average molecular weight is 319 g/mol. The van der Waals surface area contributed by atoms with Crippen LogP contribution in [0.5, 0.6) is 0 Å². The highest BCUT2D eigenvalue weighted by Crippen LogP contribution is 2.22. The molecule has 1 amide bonds. The third kappa shape index (κ3) is 2.00. The summed E-state index contributed by atoms with van der Waals surface area (Å²) in [5, 5.41) is 0. The van der Waals surface area contributed by atoms with E-state index in [2.05, 4.69) is 6.92 Å². The molecule has 0 saturated carbocycles. The van der Waals surface area contributed by atoms with Gasteiger partial charge in [0.05, 0.1) is 5.56 Å². The molecule has 4 heteroatoms. The van der Waals surface area contributed by atoms with Gasteiger partial charge in [-0.25, -0.2) is 4.39 Å². The molecule has 1 saturated heterocycles. The van der Waals surface area contributed by atoms with Gasteiger partial charge in [0.2, 0.25) is 0 Å². The number of rotatable bonds is 1. The molecule has 1 fully saturated rings. The van der Waals surface area contributed by atoms with E-state index in [4.69, 9.17) is 0 Å². The van der Waals surface area contributed by atoms with Crippen LogP contribution in [0.1, 0.15) is 17.3 Å². The van der Waals surface area contributed by atoms with Gasteiger partial charge in [-0.3, -0.25) is 4.79 Å². The fraction of sp³-hybridized carbons (Fsp3) is 0.364. The van der Waals surface area contributed by atoms with Crippen molar-refractivity contribution in [2.75, 3.05) is 13.1 Å². The lowest BCUT2D eigenvalue weighted by atomic mass is 10.0. The molecular formula is C11H11FINO. The van der Waals surface area contributed by atoms with Crippen LogP contribution in [0.4, 0.5) is 4.39 Å². The highest BCUT2D eigenvalue weighted by atomic mass is 127. The van der Waals surface area contributed by atoms with Crippen LogP contribution in [0.25, 0.3) is 0 Å². The van der Waals surface area contributed by atoms with Gasteiger partial charge in [0.25, 0.3) is 5.91 Å². The summed E-state index contributed by atoms with van der Waals surface area (Å²) in [6.45, 7) is 3.56. The van der Waals surface area contributed by atoms with Crippen molar-refractivity contribution in [2.45, 2.75) is 6.92 Å². The monoisotopic (exact) mass is 319 g/mol. The summed E-state index contributed by atoms with van der Waals surface area (Å²) in [7, 11) is 0. The van der Waals surface area contributed by atoms with E-state index in [-0.39, 0.29) is 11.5 Å². The largest absolute Gasteiger partial charge is 0.338 e. The van der Waals surface area contributed by atoms with E-state index in [0.29, 0.717) is 9.49 Å². The summed E-state index contributed by atoms with van der Waals surface area (Å²) in [6.07, 6.45) is 0. The van der Waals surface area contributed by atoms with Crippen LogP contribution >= 0.6 is 22.6 Å². The van der Waals surface area contributed by atoms with Crippen molar-refractivity contribution in [1.82, 2.24) is 4.90 Å². The van der Waals surface area contributed by atoms with Gasteiger partial charge >= 0.3 is 0 Å². The first-order valence-electron chi connectivity index (χ1n) is 4.83. The normalized spacial score (nSPS) is 16.3. The van der Waals surface area contributed by atoms with Crippen LogP contribution in [-0.4, -0.2) is 23.9 Å². The van der Waals surface area contributed by atoms with Crippen molar-refractivity contribution >= 4 is 28.5 Å². The molecule has 2 nitrogen and oxygen atoms in total. The lowest BCUT2D eigenvalue weighted by Gasteiger charge is -2.37. The predicted molar refractivity (Wildman–Crippen MR) is 64.2 cm³/mol. The molecule has 80 valence electrons. The van der Waals surface area contributed by atoms with E-state index in [1.54, 1.807) is 17.0 Å². The Kier molecular flexibility index (Phi) is 2.95. The van der Waals surface area contributed by atoms with Gasteiger partial charge in [-0.1, -0.05) is 13.0 Å². The summed E-state index contributed by atoms with van der Waals surface area (Å²) in [6, 6.07) is 4.70. The minimum atomic E-state index is -0.425. The SMILES string of the molecule is CC1CN(C(=O)c2c(F)cccc2I)C1.